The van der Waals surface area contributed by atoms with Gasteiger partial charge in [0.25, 0.3) is 0 Å². The molecule has 0 heterocycles. The number of aliphatic hydroxyl groups excluding tert-OH is 1. The molecule has 0 spiro atoms. The van der Waals surface area contributed by atoms with Crippen LogP contribution in [-0.4, -0.2) is 20.1 Å². The Balaban J connectivity index is 2.14. The molecule has 0 aliphatic heterocycles. The van der Waals surface area contributed by atoms with E-state index >= 15 is 0 Å². The van der Waals surface area contributed by atoms with Gasteiger partial charge in [-0.3, -0.25) is 0 Å². The molecular formula is C14H20FNO3S. The molecule has 0 saturated heterocycles. The topological polar surface area (TPSA) is 66.4 Å². The van der Waals surface area contributed by atoms with Crippen molar-refractivity contribution < 1.29 is 17.9 Å². The van der Waals surface area contributed by atoms with Gasteiger partial charge in [0.15, 0.2) is 0 Å². The second-order valence-corrected chi connectivity index (χ2v) is 7.52. The highest BCUT2D eigenvalue weighted by molar-refractivity contribution is 7.89. The van der Waals surface area contributed by atoms with Crippen LogP contribution in [0.1, 0.15) is 38.2 Å². The molecule has 2 rings (SSSR count). The van der Waals surface area contributed by atoms with E-state index in [9.17, 15) is 12.8 Å². The number of sulfonamides is 1. The van der Waals surface area contributed by atoms with Crippen LogP contribution in [0.15, 0.2) is 23.1 Å². The lowest BCUT2D eigenvalue weighted by atomic mass is 9.89. The fourth-order valence-corrected chi connectivity index (χ4v) is 3.85. The van der Waals surface area contributed by atoms with Crippen LogP contribution in [0.4, 0.5) is 4.39 Å². The lowest BCUT2D eigenvalue weighted by molar-refractivity contribution is 0.275. The van der Waals surface area contributed by atoms with Gasteiger partial charge in [-0.05, 0) is 36.5 Å². The molecule has 0 atom stereocenters. The highest BCUT2D eigenvalue weighted by atomic mass is 32.2. The van der Waals surface area contributed by atoms with Gasteiger partial charge in [0.05, 0.1) is 11.5 Å². The first kappa shape index (κ1) is 15.4. The van der Waals surface area contributed by atoms with Gasteiger partial charge >= 0.3 is 0 Å². The molecule has 112 valence electrons. The lowest BCUT2D eigenvalue weighted by Gasteiger charge is -2.23. The number of nitrogens with one attached hydrogen (secondary N) is 1. The normalized spacial score (nSPS) is 18.4. The summed E-state index contributed by atoms with van der Waals surface area (Å²) in [5, 5.41) is 9.00. The SMILES string of the molecule is CC1(CNS(=O)(=O)c2ccc(F)c(CO)c2)CCCC1. The fraction of sp³-hybridized carbons (Fsp3) is 0.571. The highest BCUT2D eigenvalue weighted by Gasteiger charge is 2.30. The first-order chi connectivity index (χ1) is 9.36. The summed E-state index contributed by atoms with van der Waals surface area (Å²) in [5.41, 5.74) is -0.00708. The standard InChI is InChI=1S/C14H20FNO3S/c1-14(6-2-3-7-14)10-16-20(18,19)12-4-5-13(15)11(8-12)9-17/h4-5,8,16-17H,2-3,6-7,9-10H2,1H3. The van der Waals surface area contributed by atoms with Gasteiger partial charge in [-0.1, -0.05) is 19.8 Å². The van der Waals surface area contributed by atoms with Crippen LogP contribution >= 0.6 is 0 Å². The van der Waals surface area contributed by atoms with Crippen molar-refractivity contribution in [2.24, 2.45) is 5.41 Å². The minimum Gasteiger partial charge on any atom is -0.392 e. The van der Waals surface area contributed by atoms with E-state index < -0.39 is 22.4 Å². The third-order valence-electron chi connectivity index (χ3n) is 4.00. The van der Waals surface area contributed by atoms with E-state index in [1.807, 2.05) is 0 Å². The third kappa shape index (κ3) is 3.37. The van der Waals surface area contributed by atoms with Crippen molar-refractivity contribution in [2.75, 3.05) is 6.54 Å². The second-order valence-electron chi connectivity index (χ2n) is 5.75. The van der Waals surface area contributed by atoms with Gasteiger partial charge in [0.1, 0.15) is 5.82 Å². The van der Waals surface area contributed by atoms with Crippen LogP contribution in [0.5, 0.6) is 0 Å². The third-order valence-corrected chi connectivity index (χ3v) is 5.40. The van der Waals surface area contributed by atoms with Crippen molar-refractivity contribution in [3.8, 4) is 0 Å². The molecule has 2 N–H and O–H groups in total. The summed E-state index contributed by atoms with van der Waals surface area (Å²) < 4.78 is 40.3. The molecule has 1 aromatic rings. The number of hydrogen-bond acceptors (Lipinski definition) is 3. The van der Waals surface area contributed by atoms with Crippen LogP contribution in [-0.2, 0) is 16.6 Å². The first-order valence-electron chi connectivity index (χ1n) is 6.75. The first-order valence-corrected chi connectivity index (χ1v) is 8.24. The minimum atomic E-state index is -3.66. The van der Waals surface area contributed by atoms with Crippen molar-refractivity contribution in [1.82, 2.24) is 4.72 Å². The lowest BCUT2D eigenvalue weighted by Crippen LogP contribution is -2.34. The van der Waals surface area contributed by atoms with Gasteiger partial charge in [-0.25, -0.2) is 17.5 Å². The van der Waals surface area contributed by atoms with Crippen molar-refractivity contribution >= 4 is 10.0 Å². The molecule has 0 amide bonds. The Morgan fingerprint density at radius 2 is 2.00 bits per heavy atom. The Morgan fingerprint density at radius 1 is 1.35 bits per heavy atom. The van der Waals surface area contributed by atoms with Crippen molar-refractivity contribution in [3.63, 3.8) is 0 Å². The summed E-state index contributed by atoms with van der Waals surface area (Å²) in [6, 6.07) is 3.46. The average Bonchev–Trinajstić information content (AvgIpc) is 2.85. The van der Waals surface area contributed by atoms with Crippen LogP contribution in [0.3, 0.4) is 0 Å². The highest BCUT2D eigenvalue weighted by Crippen LogP contribution is 2.37. The van der Waals surface area contributed by atoms with Gasteiger partial charge in [-0.2, -0.15) is 0 Å². The molecule has 0 unspecified atom stereocenters. The van der Waals surface area contributed by atoms with Crippen molar-refractivity contribution in [2.45, 2.75) is 44.1 Å². The Bertz CT molecular complexity index is 580. The number of benzene rings is 1. The number of rotatable bonds is 5. The van der Waals surface area contributed by atoms with E-state index in [1.165, 1.54) is 12.1 Å². The van der Waals surface area contributed by atoms with Gasteiger partial charge < -0.3 is 5.11 Å². The van der Waals surface area contributed by atoms with E-state index in [1.54, 1.807) is 0 Å². The molecule has 1 aliphatic rings. The summed E-state index contributed by atoms with van der Waals surface area (Å²) in [6.45, 7) is 1.94. The quantitative estimate of drug-likeness (QED) is 0.876. The number of aliphatic hydroxyl groups is 1. The van der Waals surface area contributed by atoms with E-state index in [0.29, 0.717) is 6.54 Å². The summed E-state index contributed by atoms with van der Waals surface area (Å²) in [5.74, 6) is -0.603. The van der Waals surface area contributed by atoms with Crippen molar-refractivity contribution in [3.05, 3.63) is 29.6 Å². The maximum atomic E-state index is 13.3. The van der Waals surface area contributed by atoms with Crippen LogP contribution < -0.4 is 4.72 Å². The van der Waals surface area contributed by atoms with Crippen LogP contribution in [0.2, 0.25) is 0 Å². The van der Waals surface area contributed by atoms with Gasteiger partial charge in [-0.15, -0.1) is 0 Å². The molecule has 1 saturated carbocycles. The molecule has 0 radical (unpaired) electrons. The summed E-state index contributed by atoms with van der Waals surface area (Å²) >= 11 is 0. The van der Waals surface area contributed by atoms with E-state index in [4.69, 9.17) is 5.11 Å². The molecule has 0 bridgehead atoms. The molecule has 4 nitrogen and oxygen atoms in total. The fourth-order valence-electron chi connectivity index (χ4n) is 2.60. The minimum absolute atomic E-state index is 0.00685. The molecule has 1 aromatic carbocycles. The summed E-state index contributed by atoms with van der Waals surface area (Å²) in [7, 11) is -3.66. The monoisotopic (exact) mass is 301 g/mol. The molecule has 0 aromatic heterocycles. The average molecular weight is 301 g/mol. The Hall–Kier alpha value is -0.980. The molecule has 20 heavy (non-hydrogen) atoms. The van der Waals surface area contributed by atoms with E-state index in [0.717, 1.165) is 31.7 Å². The summed E-state index contributed by atoms with van der Waals surface area (Å²) in [4.78, 5) is -0.00968. The Kier molecular flexibility index (Phi) is 4.46. The van der Waals surface area contributed by atoms with Gasteiger partial charge in [0.2, 0.25) is 10.0 Å². The molecule has 1 fully saturated rings. The van der Waals surface area contributed by atoms with Crippen molar-refractivity contribution in [1.29, 1.82) is 0 Å². The second kappa shape index (κ2) is 5.79. The number of hydrogen-bond donors (Lipinski definition) is 2. The molecule has 6 heteroatoms. The zero-order valence-corrected chi connectivity index (χ0v) is 12.3. The maximum absolute atomic E-state index is 13.3. The maximum Gasteiger partial charge on any atom is 0.240 e. The molecule has 1 aliphatic carbocycles. The zero-order valence-electron chi connectivity index (χ0n) is 11.5. The largest absolute Gasteiger partial charge is 0.392 e. The zero-order chi connectivity index (χ0) is 14.8. The molecular weight excluding hydrogens is 281 g/mol. The van der Waals surface area contributed by atoms with E-state index in [2.05, 4.69) is 11.6 Å². The predicted molar refractivity (Wildman–Crippen MR) is 74.1 cm³/mol. The van der Waals surface area contributed by atoms with E-state index in [-0.39, 0.29) is 15.9 Å². The predicted octanol–water partition coefficient (Wildman–Crippen LogP) is 2.18. The van der Waals surface area contributed by atoms with Crippen LogP contribution in [0, 0.1) is 11.2 Å². The Morgan fingerprint density at radius 3 is 2.60 bits per heavy atom. The smallest absolute Gasteiger partial charge is 0.240 e. The Labute approximate surface area is 119 Å². The summed E-state index contributed by atoms with van der Waals surface area (Å²) in [6.07, 6.45) is 4.29. The number of halogens is 1. The van der Waals surface area contributed by atoms with Crippen LogP contribution in [0.25, 0.3) is 0 Å². The van der Waals surface area contributed by atoms with Gasteiger partial charge in [0, 0.05) is 12.1 Å².